The summed E-state index contributed by atoms with van der Waals surface area (Å²) in [5.41, 5.74) is 0.359. The zero-order valence-electron chi connectivity index (χ0n) is 12.7. The van der Waals surface area contributed by atoms with Crippen LogP contribution in [-0.4, -0.2) is 5.78 Å². The van der Waals surface area contributed by atoms with Crippen LogP contribution in [0.15, 0.2) is 18.2 Å². The lowest BCUT2D eigenvalue weighted by Gasteiger charge is -2.27. The third-order valence-corrected chi connectivity index (χ3v) is 5.03. The molecule has 21 heavy (non-hydrogen) atoms. The Labute approximate surface area is 131 Å². The summed E-state index contributed by atoms with van der Waals surface area (Å²) >= 11 is 6.00. The van der Waals surface area contributed by atoms with Crippen molar-refractivity contribution in [2.45, 2.75) is 58.3 Å². The van der Waals surface area contributed by atoms with E-state index < -0.39 is 0 Å². The Morgan fingerprint density at radius 3 is 2.62 bits per heavy atom. The van der Waals surface area contributed by atoms with E-state index in [0.717, 1.165) is 31.6 Å². The van der Waals surface area contributed by atoms with Gasteiger partial charge in [-0.25, -0.2) is 4.39 Å². The van der Waals surface area contributed by atoms with Crippen molar-refractivity contribution >= 4 is 17.4 Å². The van der Waals surface area contributed by atoms with Gasteiger partial charge < -0.3 is 0 Å². The molecular weight excluding hydrogens is 287 g/mol. The molecule has 3 heteroatoms. The second-order valence-corrected chi connectivity index (χ2v) is 6.61. The lowest BCUT2D eigenvalue weighted by atomic mass is 9.77. The van der Waals surface area contributed by atoms with Gasteiger partial charge in [0.05, 0.1) is 0 Å². The maximum absolute atomic E-state index is 13.7. The van der Waals surface area contributed by atoms with Crippen molar-refractivity contribution in [3.05, 3.63) is 34.6 Å². The van der Waals surface area contributed by atoms with E-state index in [2.05, 4.69) is 6.92 Å². The molecule has 1 aromatic rings. The number of benzene rings is 1. The van der Waals surface area contributed by atoms with Crippen molar-refractivity contribution in [1.82, 2.24) is 0 Å². The lowest BCUT2D eigenvalue weighted by molar-refractivity contribution is -0.123. The molecule has 1 aromatic carbocycles. The minimum absolute atomic E-state index is 0.0959. The Kier molecular flexibility index (Phi) is 6.22. The molecule has 116 valence electrons. The predicted molar refractivity (Wildman–Crippen MR) is 85.1 cm³/mol. The molecule has 1 aliphatic carbocycles. The van der Waals surface area contributed by atoms with Gasteiger partial charge in [0.1, 0.15) is 11.6 Å². The van der Waals surface area contributed by atoms with Crippen LogP contribution < -0.4 is 0 Å². The highest BCUT2D eigenvalue weighted by molar-refractivity contribution is 6.31. The fourth-order valence-electron chi connectivity index (χ4n) is 3.29. The summed E-state index contributed by atoms with van der Waals surface area (Å²) in [6.07, 6.45) is 8.15. The molecule has 0 N–H and O–H groups in total. The van der Waals surface area contributed by atoms with Crippen LogP contribution >= 0.6 is 11.6 Å². The van der Waals surface area contributed by atoms with Crippen LogP contribution in [0.3, 0.4) is 0 Å². The van der Waals surface area contributed by atoms with Crippen LogP contribution in [0.25, 0.3) is 0 Å². The maximum Gasteiger partial charge on any atom is 0.140 e. The smallest absolute Gasteiger partial charge is 0.140 e. The van der Waals surface area contributed by atoms with E-state index in [1.807, 2.05) is 0 Å². The Balaban J connectivity index is 1.88. The first-order chi connectivity index (χ1) is 10.1. The molecule has 0 aromatic heterocycles. The van der Waals surface area contributed by atoms with Gasteiger partial charge in [0, 0.05) is 22.9 Å². The van der Waals surface area contributed by atoms with Crippen LogP contribution in [0, 0.1) is 17.7 Å². The van der Waals surface area contributed by atoms with Gasteiger partial charge in [-0.15, -0.1) is 0 Å². The van der Waals surface area contributed by atoms with Crippen molar-refractivity contribution < 1.29 is 9.18 Å². The molecule has 0 radical (unpaired) electrons. The number of hydrogen-bond acceptors (Lipinski definition) is 1. The van der Waals surface area contributed by atoms with E-state index in [9.17, 15) is 9.18 Å². The van der Waals surface area contributed by atoms with Crippen LogP contribution in [0.5, 0.6) is 0 Å². The van der Waals surface area contributed by atoms with Crippen molar-refractivity contribution in [2.75, 3.05) is 0 Å². The number of carbonyl (C=O) groups is 1. The summed E-state index contributed by atoms with van der Waals surface area (Å²) in [5.74, 6) is 0.660. The van der Waals surface area contributed by atoms with E-state index >= 15 is 0 Å². The molecule has 0 unspecified atom stereocenters. The summed E-state index contributed by atoms with van der Waals surface area (Å²) in [6.45, 7) is 2.22. The summed E-state index contributed by atoms with van der Waals surface area (Å²) in [4.78, 5) is 12.4. The van der Waals surface area contributed by atoms with E-state index in [0.29, 0.717) is 10.6 Å². The molecule has 0 aliphatic heterocycles. The number of halogens is 2. The van der Waals surface area contributed by atoms with Gasteiger partial charge in [0.15, 0.2) is 0 Å². The van der Waals surface area contributed by atoms with E-state index in [1.54, 1.807) is 12.1 Å². The normalized spacial score (nSPS) is 22.2. The quantitative estimate of drug-likeness (QED) is 0.669. The summed E-state index contributed by atoms with van der Waals surface area (Å²) in [7, 11) is 0. The number of rotatable bonds is 6. The first kappa shape index (κ1) is 16.5. The van der Waals surface area contributed by atoms with Gasteiger partial charge in [-0.1, -0.05) is 43.9 Å². The number of carbonyl (C=O) groups excluding carboxylic acids is 1. The van der Waals surface area contributed by atoms with Crippen LogP contribution in [0.2, 0.25) is 5.02 Å². The van der Waals surface area contributed by atoms with E-state index in [4.69, 9.17) is 11.6 Å². The van der Waals surface area contributed by atoms with Gasteiger partial charge in [-0.3, -0.25) is 4.79 Å². The third kappa shape index (κ3) is 4.54. The predicted octanol–water partition coefficient (Wildman–Crippen LogP) is 5.59. The average Bonchev–Trinajstić information content (AvgIpc) is 2.49. The lowest BCUT2D eigenvalue weighted by Crippen LogP contribution is -2.23. The Morgan fingerprint density at radius 2 is 2.00 bits per heavy atom. The molecule has 1 saturated carbocycles. The molecule has 0 amide bonds. The number of Topliss-reactive ketones (excluding diaryl/α,β-unsaturated/α-hetero) is 1. The summed E-state index contributed by atoms with van der Waals surface area (Å²) in [5, 5.41) is 0.361. The van der Waals surface area contributed by atoms with Crippen molar-refractivity contribution in [3.8, 4) is 0 Å². The topological polar surface area (TPSA) is 17.1 Å². The zero-order valence-corrected chi connectivity index (χ0v) is 13.5. The molecule has 0 atom stereocenters. The Bertz CT molecular complexity index is 458. The maximum atomic E-state index is 13.7. The molecule has 1 aliphatic rings. The molecule has 0 spiro atoms. The number of ketones is 1. The van der Waals surface area contributed by atoms with Gasteiger partial charge in [-0.2, -0.15) is 0 Å². The van der Waals surface area contributed by atoms with Gasteiger partial charge in [-0.05, 0) is 43.7 Å². The molecule has 0 saturated heterocycles. The molecule has 1 nitrogen and oxygen atoms in total. The Hall–Kier alpha value is -0.890. The second-order valence-electron chi connectivity index (χ2n) is 6.20. The van der Waals surface area contributed by atoms with Crippen molar-refractivity contribution in [2.24, 2.45) is 11.8 Å². The first-order valence-electron chi connectivity index (χ1n) is 8.07. The largest absolute Gasteiger partial charge is 0.299 e. The fourth-order valence-corrected chi connectivity index (χ4v) is 3.52. The monoisotopic (exact) mass is 310 g/mol. The van der Waals surface area contributed by atoms with Gasteiger partial charge >= 0.3 is 0 Å². The van der Waals surface area contributed by atoms with Crippen LogP contribution in [0.4, 0.5) is 4.39 Å². The number of hydrogen-bond donors (Lipinski definition) is 0. The van der Waals surface area contributed by atoms with E-state index in [-0.39, 0.29) is 23.9 Å². The van der Waals surface area contributed by atoms with Crippen LogP contribution in [-0.2, 0) is 11.2 Å². The molecule has 0 bridgehead atoms. The first-order valence-corrected chi connectivity index (χ1v) is 8.45. The van der Waals surface area contributed by atoms with Gasteiger partial charge in [0.2, 0.25) is 0 Å². The summed E-state index contributed by atoms with van der Waals surface area (Å²) < 4.78 is 13.7. The Morgan fingerprint density at radius 1 is 1.29 bits per heavy atom. The number of unbranched alkanes of at least 4 members (excludes halogenated alkanes) is 1. The van der Waals surface area contributed by atoms with Gasteiger partial charge in [0.25, 0.3) is 0 Å². The van der Waals surface area contributed by atoms with E-state index in [1.165, 1.54) is 25.3 Å². The highest BCUT2D eigenvalue weighted by Gasteiger charge is 2.26. The molecule has 1 fully saturated rings. The second kappa shape index (κ2) is 7.93. The SMILES string of the molecule is CCCCC1CCC(C(=O)Cc2c(F)cccc2Cl)CC1. The fraction of sp³-hybridized carbons (Fsp3) is 0.611. The standard InChI is InChI=1S/C18H24ClFO/c1-2-3-5-13-8-10-14(11-9-13)18(21)12-15-16(19)6-4-7-17(15)20/h4,6-7,13-14H,2-3,5,8-12H2,1H3. The minimum atomic E-state index is -0.368. The minimum Gasteiger partial charge on any atom is -0.299 e. The molecular formula is C18H24ClFO. The average molecular weight is 311 g/mol. The van der Waals surface area contributed by atoms with Crippen LogP contribution in [0.1, 0.15) is 57.4 Å². The summed E-state index contributed by atoms with van der Waals surface area (Å²) in [6, 6.07) is 4.59. The highest BCUT2D eigenvalue weighted by atomic mass is 35.5. The van der Waals surface area contributed by atoms with Crippen molar-refractivity contribution in [1.29, 1.82) is 0 Å². The van der Waals surface area contributed by atoms with Crippen molar-refractivity contribution in [3.63, 3.8) is 0 Å². The molecule has 2 rings (SSSR count). The molecule has 0 heterocycles. The zero-order chi connectivity index (χ0) is 15.2. The third-order valence-electron chi connectivity index (χ3n) is 4.68. The highest BCUT2D eigenvalue weighted by Crippen LogP contribution is 2.33.